The zero-order valence-electron chi connectivity index (χ0n) is 12.5. The highest BCUT2D eigenvalue weighted by atomic mass is 79.9. The minimum atomic E-state index is -0.358. The van der Waals surface area contributed by atoms with E-state index in [4.69, 9.17) is 4.74 Å². The third-order valence-corrected chi connectivity index (χ3v) is 5.98. The summed E-state index contributed by atoms with van der Waals surface area (Å²) in [7, 11) is 0. The Morgan fingerprint density at radius 2 is 2.00 bits per heavy atom. The molecule has 112 valence electrons. The van der Waals surface area contributed by atoms with Crippen LogP contribution in [0, 0.1) is 5.92 Å². The van der Waals surface area contributed by atoms with Crippen molar-refractivity contribution in [3.63, 3.8) is 0 Å². The van der Waals surface area contributed by atoms with Gasteiger partial charge < -0.3 is 9.84 Å². The molecule has 4 heteroatoms. The molecule has 1 N–H and O–H groups in total. The maximum Gasteiger partial charge on any atom is 0.0690 e. The van der Waals surface area contributed by atoms with Crippen LogP contribution in [-0.2, 0) is 4.74 Å². The van der Waals surface area contributed by atoms with Crippen LogP contribution in [0.3, 0.4) is 0 Å². The van der Waals surface area contributed by atoms with Crippen LogP contribution in [0.5, 0.6) is 0 Å². The van der Waals surface area contributed by atoms with Crippen LogP contribution >= 0.6 is 27.7 Å². The predicted molar refractivity (Wildman–Crippen MR) is 88.2 cm³/mol. The first-order chi connectivity index (χ1) is 9.21. The summed E-state index contributed by atoms with van der Waals surface area (Å²) in [5.41, 5.74) is -0.412. The van der Waals surface area contributed by atoms with E-state index < -0.39 is 0 Å². The number of benzene rings is 1. The van der Waals surface area contributed by atoms with E-state index in [1.807, 2.05) is 18.2 Å². The molecule has 2 rings (SSSR count). The third-order valence-electron chi connectivity index (χ3n) is 3.85. The van der Waals surface area contributed by atoms with E-state index in [1.54, 1.807) is 11.8 Å². The molecule has 1 aliphatic rings. The van der Waals surface area contributed by atoms with E-state index >= 15 is 0 Å². The van der Waals surface area contributed by atoms with Crippen molar-refractivity contribution in [3.8, 4) is 0 Å². The molecule has 0 spiro atoms. The lowest BCUT2D eigenvalue weighted by Crippen LogP contribution is -2.37. The number of ether oxygens (including phenoxy) is 1. The molecule has 1 fully saturated rings. The number of hydrogen-bond donors (Lipinski definition) is 1. The standard InChI is InChI=1S/C16H23BrO2S/c1-15(2)9-11(16(3,4)19-15)13(18)10-20-14-8-6-5-7-12(14)17/h5-8,11,13,18H,9-10H2,1-4H3. The van der Waals surface area contributed by atoms with Gasteiger partial charge in [0.05, 0.1) is 17.3 Å². The van der Waals surface area contributed by atoms with Gasteiger partial charge >= 0.3 is 0 Å². The normalized spacial score (nSPS) is 25.6. The molecule has 20 heavy (non-hydrogen) atoms. The maximum absolute atomic E-state index is 10.6. The van der Waals surface area contributed by atoms with Crippen molar-refractivity contribution >= 4 is 27.7 Å². The van der Waals surface area contributed by atoms with Gasteiger partial charge in [-0.1, -0.05) is 12.1 Å². The Morgan fingerprint density at radius 3 is 2.55 bits per heavy atom. The number of thioether (sulfide) groups is 1. The minimum Gasteiger partial charge on any atom is -0.392 e. The van der Waals surface area contributed by atoms with E-state index in [0.717, 1.165) is 10.9 Å². The summed E-state index contributed by atoms with van der Waals surface area (Å²) in [5.74, 6) is 0.864. The Labute approximate surface area is 134 Å². The molecule has 0 bridgehead atoms. The van der Waals surface area contributed by atoms with Crippen molar-refractivity contribution in [2.45, 2.75) is 56.3 Å². The average Bonchev–Trinajstić information content (AvgIpc) is 2.56. The van der Waals surface area contributed by atoms with Gasteiger partial charge in [-0.05, 0) is 62.2 Å². The molecule has 1 aliphatic heterocycles. The fourth-order valence-electron chi connectivity index (χ4n) is 3.06. The lowest BCUT2D eigenvalue weighted by atomic mass is 9.84. The summed E-state index contributed by atoms with van der Waals surface area (Å²) < 4.78 is 7.15. The summed E-state index contributed by atoms with van der Waals surface area (Å²) in [4.78, 5) is 1.17. The van der Waals surface area contributed by atoms with Crippen LogP contribution < -0.4 is 0 Å². The van der Waals surface area contributed by atoms with Gasteiger partial charge in [-0.15, -0.1) is 11.8 Å². The van der Waals surface area contributed by atoms with Gasteiger partial charge in [0.1, 0.15) is 0 Å². The van der Waals surface area contributed by atoms with Gasteiger partial charge in [-0.25, -0.2) is 0 Å². The van der Waals surface area contributed by atoms with Crippen LogP contribution in [0.1, 0.15) is 34.1 Å². The van der Waals surface area contributed by atoms with Crippen molar-refractivity contribution in [2.75, 3.05) is 5.75 Å². The monoisotopic (exact) mass is 358 g/mol. The van der Waals surface area contributed by atoms with Gasteiger partial charge in [0.25, 0.3) is 0 Å². The molecule has 0 aliphatic carbocycles. The molecule has 0 radical (unpaired) electrons. The maximum atomic E-state index is 10.6. The topological polar surface area (TPSA) is 29.5 Å². The second-order valence-electron chi connectivity index (χ2n) is 6.58. The number of halogens is 1. The smallest absolute Gasteiger partial charge is 0.0690 e. The highest BCUT2D eigenvalue weighted by molar-refractivity contribution is 9.10. The van der Waals surface area contributed by atoms with Crippen molar-refractivity contribution < 1.29 is 9.84 Å². The summed E-state index contributed by atoms with van der Waals surface area (Å²) in [6.07, 6.45) is 0.543. The SMILES string of the molecule is CC1(C)CC(C(O)CSc2ccccc2Br)C(C)(C)O1. The number of aliphatic hydroxyl groups excluding tert-OH is 1. The van der Waals surface area contributed by atoms with E-state index in [0.29, 0.717) is 5.75 Å². The first-order valence-electron chi connectivity index (χ1n) is 6.97. The van der Waals surface area contributed by atoms with E-state index in [-0.39, 0.29) is 23.2 Å². The van der Waals surface area contributed by atoms with Gasteiger partial charge in [0, 0.05) is 21.0 Å². The summed E-state index contributed by atoms with van der Waals surface area (Å²) in [6, 6.07) is 8.12. The van der Waals surface area contributed by atoms with Crippen molar-refractivity contribution in [3.05, 3.63) is 28.7 Å². The van der Waals surface area contributed by atoms with Gasteiger partial charge in [-0.2, -0.15) is 0 Å². The fraction of sp³-hybridized carbons (Fsp3) is 0.625. The lowest BCUT2D eigenvalue weighted by Gasteiger charge is -2.30. The second-order valence-corrected chi connectivity index (χ2v) is 8.50. The minimum absolute atomic E-state index is 0.146. The fourth-order valence-corrected chi connectivity index (χ4v) is 4.65. The van der Waals surface area contributed by atoms with Gasteiger partial charge in [0.2, 0.25) is 0 Å². The van der Waals surface area contributed by atoms with Gasteiger partial charge in [0.15, 0.2) is 0 Å². The van der Waals surface area contributed by atoms with Crippen LogP contribution in [0.2, 0.25) is 0 Å². The average molecular weight is 359 g/mol. The molecule has 1 heterocycles. The zero-order valence-corrected chi connectivity index (χ0v) is 14.9. The van der Waals surface area contributed by atoms with E-state index in [9.17, 15) is 5.11 Å². The Morgan fingerprint density at radius 1 is 1.35 bits per heavy atom. The molecular formula is C16H23BrO2S. The zero-order chi connectivity index (χ0) is 15.0. The molecule has 2 nitrogen and oxygen atoms in total. The van der Waals surface area contributed by atoms with Crippen molar-refractivity contribution in [1.29, 1.82) is 0 Å². The molecule has 2 atom stereocenters. The largest absolute Gasteiger partial charge is 0.392 e. The van der Waals surface area contributed by atoms with Crippen LogP contribution in [-0.4, -0.2) is 28.2 Å². The Bertz CT molecular complexity index is 473. The highest BCUT2D eigenvalue weighted by Crippen LogP contribution is 2.44. The molecule has 0 saturated carbocycles. The summed E-state index contributed by atoms with van der Waals surface area (Å²) in [5, 5.41) is 10.6. The van der Waals surface area contributed by atoms with E-state index in [1.165, 1.54) is 4.90 Å². The van der Waals surface area contributed by atoms with Crippen LogP contribution in [0.4, 0.5) is 0 Å². The Balaban J connectivity index is 1.99. The first-order valence-corrected chi connectivity index (χ1v) is 8.75. The van der Waals surface area contributed by atoms with E-state index in [2.05, 4.69) is 49.7 Å². The van der Waals surface area contributed by atoms with Crippen molar-refractivity contribution in [2.24, 2.45) is 5.92 Å². The quantitative estimate of drug-likeness (QED) is 0.803. The molecule has 0 amide bonds. The molecule has 1 aromatic rings. The summed E-state index contributed by atoms with van der Waals surface area (Å²) in [6.45, 7) is 8.36. The molecule has 1 aromatic carbocycles. The second kappa shape index (κ2) is 5.99. The van der Waals surface area contributed by atoms with Crippen molar-refractivity contribution in [1.82, 2.24) is 0 Å². The Hall–Kier alpha value is -0.0300. The number of aliphatic hydroxyl groups is 1. The number of hydrogen-bond acceptors (Lipinski definition) is 3. The number of rotatable bonds is 4. The van der Waals surface area contributed by atoms with Gasteiger partial charge in [-0.3, -0.25) is 0 Å². The molecular weight excluding hydrogens is 336 g/mol. The van der Waals surface area contributed by atoms with Crippen LogP contribution in [0.15, 0.2) is 33.6 Å². The highest BCUT2D eigenvalue weighted by Gasteiger charge is 2.48. The Kier molecular flexibility index (Phi) is 4.90. The predicted octanol–water partition coefficient (Wildman–Crippen LogP) is 4.50. The third kappa shape index (κ3) is 3.79. The lowest BCUT2D eigenvalue weighted by molar-refractivity contribution is -0.0853. The molecule has 2 unspecified atom stereocenters. The van der Waals surface area contributed by atoms with Crippen LogP contribution in [0.25, 0.3) is 0 Å². The molecule has 0 aromatic heterocycles. The summed E-state index contributed by atoms with van der Waals surface area (Å²) >= 11 is 5.23. The first kappa shape index (κ1) is 16.3. The molecule has 1 saturated heterocycles.